The Labute approximate surface area is 197 Å². The first kappa shape index (κ1) is 23.1. The van der Waals surface area contributed by atoms with Crippen LogP contribution in [0.5, 0.6) is 5.75 Å². The Morgan fingerprint density at radius 1 is 1.15 bits per heavy atom. The van der Waals surface area contributed by atoms with Crippen LogP contribution in [0.1, 0.15) is 23.9 Å². The second kappa shape index (κ2) is 9.84. The third kappa shape index (κ3) is 4.84. The van der Waals surface area contributed by atoms with E-state index in [1.807, 2.05) is 51.1 Å². The van der Waals surface area contributed by atoms with E-state index in [4.69, 9.17) is 9.47 Å². The number of nitrogens with zero attached hydrogens (tertiary/aromatic N) is 3. The van der Waals surface area contributed by atoms with E-state index in [0.717, 1.165) is 45.1 Å². The highest BCUT2D eigenvalue weighted by molar-refractivity contribution is 8.18. The highest BCUT2D eigenvalue weighted by atomic mass is 32.2. The first-order chi connectivity index (χ1) is 15.9. The van der Waals surface area contributed by atoms with Gasteiger partial charge in [0.2, 0.25) is 5.91 Å². The molecule has 8 nitrogen and oxygen atoms in total. The molecular formula is C24H27N3O5S. The number of hydrogen-bond acceptors (Lipinski definition) is 6. The van der Waals surface area contributed by atoms with Gasteiger partial charge in [-0.2, -0.15) is 0 Å². The molecule has 1 aromatic carbocycles. The van der Waals surface area contributed by atoms with Crippen molar-refractivity contribution >= 4 is 34.9 Å². The number of aryl methyl sites for hydroxylation is 1. The second-order valence-corrected chi connectivity index (χ2v) is 8.84. The average molecular weight is 470 g/mol. The van der Waals surface area contributed by atoms with Crippen LogP contribution >= 0.6 is 11.8 Å². The summed E-state index contributed by atoms with van der Waals surface area (Å²) in [6.07, 6.45) is 1.73. The van der Waals surface area contributed by atoms with E-state index < -0.39 is 11.1 Å². The van der Waals surface area contributed by atoms with Crippen molar-refractivity contribution in [2.75, 3.05) is 39.5 Å². The molecular weight excluding hydrogens is 442 g/mol. The molecule has 1 aromatic heterocycles. The highest BCUT2D eigenvalue weighted by Crippen LogP contribution is 2.34. The predicted octanol–water partition coefficient (Wildman–Crippen LogP) is 3.39. The molecule has 2 saturated heterocycles. The lowest BCUT2D eigenvalue weighted by Gasteiger charge is -2.28. The third-order valence-electron chi connectivity index (χ3n) is 5.69. The van der Waals surface area contributed by atoms with Crippen LogP contribution < -0.4 is 4.74 Å². The Morgan fingerprint density at radius 2 is 1.85 bits per heavy atom. The molecule has 2 aromatic rings. The lowest BCUT2D eigenvalue weighted by atomic mass is 10.2. The van der Waals surface area contributed by atoms with Gasteiger partial charge in [-0.25, -0.2) is 0 Å². The molecule has 0 N–H and O–H groups in total. The fraction of sp³-hybridized carbons (Fsp3) is 0.375. The molecule has 174 valence electrons. The van der Waals surface area contributed by atoms with Crippen LogP contribution in [0.2, 0.25) is 0 Å². The summed E-state index contributed by atoms with van der Waals surface area (Å²) in [5.74, 6) is 0.136. The van der Waals surface area contributed by atoms with Crippen molar-refractivity contribution in [1.29, 1.82) is 0 Å². The molecule has 0 bridgehead atoms. The van der Waals surface area contributed by atoms with Crippen LogP contribution in [-0.4, -0.2) is 70.9 Å². The second-order valence-electron chi connectivity index (χ2n) is 7.85. The molecule has 9 heteroatoms. The summed E-state index contributed by atoms with van der Waals surface area (Å²) in [6.45, 7) is 8.17. The van der Waals surface area contributed by atoms with Crippen molar-refractivity contribution in [1.82, 2.24) is 14.4 Å². The maximum absolute atomic E-state index is 12.9. The molecule has 3 amide bonds. The summed E-state index contributed by atoms with van der Waals surface area (Å²) in [5.41, 5.74) is 3.79. The molecule has 2 aliphatic rings. The number of rotatable bonds is 6. The minimum absolute atomic E-state index is 0.240. The van der Waals surface area contributed by atoms with Gasteiger partial charge in [0.1, 0.15) is 12.3 Å². The predicted molar refractivity (Wildman–Crippen MR) is 126 cm³/mol. The van der Waals surface area contributed by atoms with E-state index in [1.165, 1.54) is 0 Å². The first-order valence-corrected chi connectivity index (χ1v) is 11.7. The molecule has 33 heavy (non-hydrogen) atoms. The number of thioether (sulfide) groups is 1. The highest BCUT2D eigenvalue weighted by Gasteiger charge is 2.37. The van der Waals surface area contributed by atoms with Gasteiger partial charge in [0.05, 0.1) is 24.7 Å². The fourth-order valence-electron chi connectivity index (χ4n) is 4.01. The Bertz CT molecular complexity index is 1100. The van der Waals surface area contributed by atoms with Crippen molar-refractivity contribution in [3.8, 4) is 11.4 Å². The number of hydrogen-bond donors (Lipinski definition) is 0. The van der Waals surface area contributed by atoms with Crippen molar-refractivity contribution in [3.05, 3.63) is 52.2 Å². The SMILES string of the molecule is CCOc1ccc(-n2c(C)cc(/C=C3/SC(=O)N(CC(=O)N4CCOCC4)C3=O)c2C)cc1. The normalized spacial score (nSPS) is 17.8. The fourth-order valence-corrected chi connectivity index (χ4v) is 4.84. The van der Waals surface area contributed by atoms with Crippen molar-refractivity contribution in [3.63, 3.8) is 0 Å². The zero-order chi connectivity index (χ0) is 23.5. The van der Waals surface area contributed by atoms with Crippen molar-refractivity contribution in [2.45, 2.75) is 20.8 Å². The maximum atomic E-state index is 12.9. The van der Waals surface area contributed by atoms with Crippen LogP contribution in [0.15, 0.2) is 35.2 Å². The van der Waals surface area contributed by atoms with Crippen LogP contribution in [0, 0.1) is 13.8 Å². The van der Waals surface area contributed by atoms with E-state index in [0.29, 0.717) is 37.8 Å². The molecule has 2 aliphatic heterocycles. The van der Waals surface area contributed by atoms with E-state index in [2.05, 4.69) is 4.57 Å². The van der Waals surface area contributed by atoms with Gasteiger partial charge < -0.3 is 18.9 Å². The summed E-state index contributed by atoms with van der Waals surface area (Å²) in [4.78, 5) is 40.9. The number of benzene rings is 1. The van der Waals surface area contributed by atoms with Crippen LogP contribution in [-0.2, 0) is 14.3 Å². The number of aromatic nitrogens is 1. The van der Waals surface area contributed by atoms with Gasteiger partial charge in [-0.05, 0) is 74.5 Å². The maximum Gasteiger partial charge on any atom is 0.294 e. The summed E-state index contributed by atoms with van der Waals surface area (Å²) in [6, 6.07) is 9.81. The molecule has 0 radical (unpaired) electrons. The largest absolute Gasteiger partial charge is 0.494 e. The molecule has 4 rings (SSSR count). The molecule has 0 unspecified atom stereocenters. The quantitative estimate of drug-likeness (QED) is 0.604. The zero-order valence-corrected chi connectivity index (χ0v) is 19.8. The number of ether oxygens (including phenoxy) is 2. The Kier molecular flexibility index (Phi) is 6.90. The topological polar surface area (TPSA) is 81.1 Å². The Balaban J connectivity index is 1.53. The Morgan fingerprint density at radius 3 is 2.52 bits per heavy atom. The third-order valence-corrected chi connectivity index (χ3v) is 6.60. The number of carbonyl (C=O) groups excluding carboxylic acids is 3. The number of amides is 3. The van der Waals surface area contributed by atoms with Crippen LogP contribution in [0.25, 0.3) is 11.8 Å². The van der Waals surface area contributed by atoms with Crippen LogP contribution in [0.3, 0.4) is 0 Å². The van der Waals surface area contributed by atoms with Crippen LogP contribution in [0.4, 0.5) is 4.79 Å². The van der Waals surface area contributed by atoms with Crippen molar-refractivity contribution < 1.29 is 23.9 Å². The summed E-state index contributed by atoms with van der Waals surface area (Å²) in [5, 5.41) is -0.423. The Hall–Kier alpha value is -3.04. The molecule has 0 atom stereocenters. The summed E-state index contributed by atoms with van der Waals surface area (Å²) >= 11 is 0.870. The molecule has 0 aliphatic carbocycles. The van der Waals surface area contributed by atoms with Gasteiger partial charge in [-0.3, -0.25) is 19.3 Å². The van der Waals surface area contributed by atoms with E-state index in [1.54, 1.807) is 11.0 Å². The minimum Gasteiger partial charge on any atom is -0.494 e. The number of morpholine rings is 1. The molecule has 3 heterocycles. The molecule has 0 spiro atoms. The van der Waals surface area contributed by atoms with Gasteiger partial charge in [0, 0.05) is 30.2 Å². The monoisotopic (exact) mass is 469 g/mol. The van der Waals surface area contributed by atoms with Gasteiger partial charge in [0.25, 0.3) is 11.1 Å². The van der Waals surface area contributed by atoms with Gasteiger partial charge in [0.15, 0.2) is 0 Å². The van der Waals surface area contributed by atoms with Gasteiger partial charge in [-0.15, -0.1) is 0 Å². The van der Waals surface area contributed by atoms with Gasteiger partial charge >= 0.3 is 0 Å². The minimum atomic E-state index is -0.433. The first-order valence-electron chi connectivity index (χ1n) is 10.9. The summed E-state index contributed by atoms with van der Waals surface area (Å²) < 4.78 is 12.9. The molecule has 2 fully saturated rings. The lowest BCUT2D eigenvalue weighted by Crippen LogP contribution is -2.46. The zero-order valence-electron chi connectivity index (χ0n) is 19.0. The lowest BCUT2D eigenvalue weighted by molar-refractivity contribution is -0.139. The van der Waals surface area contributed by atoms with E-state index >= 15 is 0 Å². The smallest absolute Gasteiger partial charge is 0.294 e. The van der Waals surface area contributed by atoms with Gasteiger partial charge in [-0.1, -0.05) is 0 Å². The van der Waals surface area contributed by atoms with Crippen molar-refractivity contribution in [2.24, 2.45) is 0 Å². The summed E-state index contributed by atoms with van der Waals surface area (Å²) in [7, 11) is 0. The molecule has 0 saturated carbocycles. The average Bonchev–Trinajstić information content (AvgIpc) is 3.24. The van der Waals surface area contributed by atoms with E-state index in [9.17, 15) is 14.4 Å². The number of carbonyl (C=O) groups is 3. The standard InChI is InChI=1S/C24H27N3O5S/c1-4-32-20-7-5-19(6-8-20)27-16(2)13-18(17(27)3)14-21-23(29)26(24(30)33-21)15-22(28)25-9-11-31-12-10-25/h5-8,13-14H,4,9-12,15H2,1-3H3/b21-14+. The van der Waals surface area contributed by atoms with E-state index in [-0.39, 0.29) is 12.5 Å². The number of imide groups is 1.